The maximum atomic E-state index is 12.0. The summed E-state index contributed by atoms with van der Waals surface area (Å²) in [6.45, 7) is 0. The SMILES string of the molecule is O=Cc1cc(CCl)c(OC(F)(F)F)nc1I. The standard InChI is InChI=1S/C8H4ClF3INO2/c9-2-4-1-5(3-15)6(13)14-7(4)16-8(10,11)12/h1,3H,2H2. The normalized spacial score (nSPS) is 11.3. The molecule has 88 valence electrons. The average molecular weight is 365 g/mol. The van der Waals surface area contributed by atoms with Crippen molar-refractivity contribution in [3.63, 3.8) is 0 Å². The van der Waals surface area contributed by atoms with Crippen molar-refractivity contribution < 1.29 is 22.7 Å². The molecular formula is C8H4ClF3INO2. The Hall–Kier alpha value is -0.570. The number of hydrogen-bond acceptors (Lipinski definition) is 3. The van der Waals surface area contributed by atoms with Crippen molar-refractivity contribution in [1.29, 1.82) is 0 Å². The van der Waals surface area contributed by atoms with Gasteiger partial charge >= 0.3 is 6.36 Å². The zero-order valence-electron chi connectivity index (χ0n) is 7.52. The smallest absolute Gasteiger partial charge is 0.387 e. The highest BCUT2D eigenvalue weighted by Gasteiger charge is 2.33. The largest absolute Gasteiger partial charge is 0.574 e. The Morgan fingerprint density at radius 3 is 2.62 bits per heavy atom. The van der Waals surface area contributed by atoms with E-state index in [1.807, 2.05) is 0 Å². The van der Waals surface area contributed by atoms with E-state index in [1.165, 1.54) is 6.07 Å². The van der Waals surface area contributed by atoms with Gasteiger partial charge in [0.15, 0.2) is 6.29 Å². The molecule has 1 heterocycles. The van der Waals surface area contributed by atoms with Crippen LogP contribution in [0.2, 0.25) is 0 Å². The molecule has 1 aromatic rings. The van der Waals surface area contributed by atoms with Crippen molar-refractivity contribution in [2.24, 2.45) is 0 Å². The maximum absolute atomic E-state index is 12.0. The van der Waals surface area contributed by atoms with E-state index in [9.17, 15) is 18.0 Å². The lowest BCUT2D eigenvalue weighted by atomic mass is 10.2. The van der Waals surface area contributed by atoms with Crippen molar-refractivity contribution in [1.82, 2.24) is 4.98 Å². The first kappa shape index (κ1) is 13.5. The number of ether oxygens (including phenoxy) is 1. The number of halogens is 5. The van der Waals surface area contributed by atoms with E-state index in [1.54, 1.807) is 22.6 Å². The number of carbonyl (C=O) groups excluding carboxylic acids is 1. The van der Waals surface area contributed by atoms with E-state index < -0.39 is 12.2 Å². The topological polar surface area (TPSA) is 39.2 Å². The lowest BCUT2D eigenvalue weighted by molar-refractivity contribution is -0.276. The first-order valence-electron chi connectivity index (χ1n) is 3.83. The molecule has 0 unspecified atom stereocenters. The van der Waals surface area contributed by atoms with Gasteiger partial charge in [-0.1, -0.05) is 0 Å². The number of nitrogens with zero attached hydrogens (tertiary/aromatic N) is 1. The summed E-state index contributed by atoms with van der Waals surface area (Å²) in [4.78, 5) is 14.1. The summed E-state index contributed by atoms with van der Waals surface area (Å²) < 4.78 is 39.8. The molecule has 0 saturated heterocycles. The minimum absolute atomic E-state index is 0.0153. The number of aromatic nitrogens is 1. The highest BCUT2D eigenvalue weighted by atomic mass is 127. The molecule has 0 aliphatic heterocycles. The van der Waals surface area contributed by atoms with Crippen molar-refractivity contribution >= 4 is 40.5 Å². The Morgan fingerprint density at radius 2 is 2.19 bits per heavy atom. The van der Waals surface area contributed by atoms with Gasteiger partial charge in [0.1, 0.15) is 3.70 Å². The molecule has 0 bridgehead atoms. The van der Waals surface area contributed by atoms with Crippen molar-refractivity contribution in [3.05, 3.63) is 20.9 Å². The summed E-state index contributed by atoms with van der Waals surface area (Å²) in [6.07, 6.45) is -4.35. The second kappa shape index (κ2) is 5.17. The van der Waals surface area contributed by atoms with Gasteiger partial charge in [0, 0.05) is 11.1 Å². The highest BCUT2D eigenvalue weighted by Crippen LogP contribution is 2.27. The van der Waals surface area contributed by atoms with Crippen LogP contribution in [0.5, 0.6) is 5.88 Å². The van der Waals surface area contributed by atoms with Gasteiger partial charge in [-0.25, -0.2) is 4.98 Å². The molecule has 0 atom stereocenters. The summed E-state index contributed by atoms with van der Waals surface area (Å²) in [7, 11) is 0. The van der Waals surface area contributed by atoms with E-state index in [-0.39, 0.29) is 20.7 Å². The molecule has 1 rings (SSSR count). The van der Waals surface area contributed by atoms with Gasteiger partial charge in [-0.15, -0.1) is 24.8 Å². The van der Waals surface area contributed by atoms with Crippen molar-refractivity contribution in [2.75, 3.05) is 0 Å². The zero-order valence-corrected chi connectivity index (χ0v) is 10.4. The first-order chi connectivity index (χ1) is 7.37. The molecule has 0 fully saturated rings. The van der Waals surface area contributed by atoms with Gasteiger partial charge in [-0.3, -0.25) is 4.79 Å². The Labute approximate surface area is 107 Å². The molecule has 0 amide bonds. The number of rotatable bonds is 3. The van der Waals surface area contributed by atoms with E-state index in [0.29, 0.717) is 6.29 Å². The van der Waals surface area contributed by atoms with E-state index in [4.69, 9.17) is 11.6 Å². The second-order valence-electron chi connectivity index (χ2n) is 2.63. The molecule has 0 radical (unpaired) electrons. The predicted molar refractivity (Wildman–Crippen MR) is 58.6 cm³/mol. The third kappa shape index (κ3) is 3.48. The predicted octanol–water partition coefficient (Wildman–Crippen LogP) is 3.14. The van der Waals surface area contributed by atoms with Crippen LogP contribution in [0.15, 0.2) is 6.07 Å². The van der Waals surface area contributed by atoms with Gasteiger partial charge in [0.25, 0.3) is 0 Å². The molecule has 0 aliphatic rings. The van der Waals surface area contributed by atoms with Crippen molar-refractivity contribution in [3.8, 4) is 5.88 Å². The van der Waals surface area contributed by atoms with Gasteiger partial charge in [-0.2, -0.15) is 0 Å². The number of carbonyl (C=O) groups is 1. The Bertz CT molecular complexity index is 411. The Kier molecular flexibility index (Phi) is 4.36. The van der Waals surface area contributed by atoms with Crippen LogP contribution in [0.25, 0.3) is 0 Å². The lowest BCUT2D eigenvalue weighted by Crippen LogP contribution is -2.19. The minimum atomic E-state index is -4.83. The maximum Gasteiger partial charge on any atom is 0.574 e. The van der Waals surface area contributed by atoms with E-state index >= 15 is 0 Å². The molecule has 0 spiro atoms. The summed E-state index contributed by atoms with van der Waals surface area (Å²) in [5.41, 5.74) is 0.187. The molecule has 3 nitrogen and oxygen atoms in total. The van der Waals surface area contributed by atoms with Crippen LogP contribution in [0.1, 0.15) is 15.9 Å². The molecule has 0 saturated carbocycles. The van der Waals surface area contributed by atoms with Gasteiger partial charge in [0.05, 0.1) is 5.88 Å². The number of pyridine rings is 1. The summed E-state index contributed by atoms with van der Waals surface area (Å²) in [6, 6.07) is 1.22. The van der Waals surface area contributed by atoms with Gasteiger partial charge in [0.2, 0.25) is 5.88 Å². The van der Waals surface area contributed by atoms with Gasteiger partial charge in [-0.05, 0) is 28.7 Å². The monoisotopic (exact) mass is 365 g/mol. The molecule has 0 aromatic carbocycles. The summed E-state index contributed by atoms with van der Waals surface area (Å²) in [5, 5.41) is 0. The van der Waals surface area contributed by atoms with Crippen LogP contribution in [0.4, 0.5) is 13.2 Å². The summed E-state index contributed by atoms with van der Waals surface area (Å²) >= 11 is 7.07. The summed E-state index contributed by atoms with van der Waals surface area (Å²) in [5.74, 6) is -0.853. The highest BCUT2D eigenvalue weighted by molar-refractivity contribution is 14.1. The second-order valence-corrected chi connectivity index (χ2v) is 3.92. The fourth-order valence-corrected chi connectivity index (χ4v) is 1.60. The number of hydrogen-bond donors (Lipinski definition) is 0. The van der Waals surface area contributed by atoms with Crippen LogP contribution in [0, 0.1) is 3.70 Å². The molecule has 8 heteroatoms. The Morgan fingerprint density at radius 1 is 1.56 bits per heavy atom. The third-order valence-electron chi connectivity index (χ3n) is 1.53. The molecular weight excluding hydrogens is 361 g/mol. The average Bonchev–Trinajstić information content (AvgIpc) is 2.16. The molecule has 16 heavy (non-hydrogen) atoms. The lowest BCUT2D eigenvalue weighted by Gasteiger charge is -2.11. The quantitative estimate of drug-likeness (QED) is 0.358. The van der Waals surface area contributed by atoms with Crippen LogP contribution >= 0.6 is 34.2 Å². The van der Waals surface area contributed by atoms with E-state index in [0.717, 1.165) is 0 Å². The van der Waals surface area contributed by atoms with Crippen molar-refractivity contribution in [2.45, 2.75) is 12.2 Å². The van der Waals surface area contributed by atoms with Crippen LogP contribution in [-0.4, -0.2) is 17.6 Å². The first-order valence-corrected chi connectivity index (χ1v) is 5.45. The molecule has 1 aromatic heterocycles. The van der Waals surface area contributed by atoms with Crippen LogP contribution < -0.4 is 4.74 Å². The van der Waals surface area contributed by atoms with Gasteiger partial charge < -0.3 is 4.74 Å². The number of aldehydes is 1. The molecule has 0 N–H and O–H groups in total. The van der Waals surface area contributed by atoms with Crippen LogP contribution in [0.3, 0.4) is 0 Å². The Balaban J connectivity index is 3.18. The minimum Gasteiger partial charge on any atom is -0.387 e. The number of alkyl halides is 4. The van der Waals surface area contributed by atoms with Crippen LogP contribution in [-0.2, 0) is 5.88 Å². The van der Waals surface area contributed by atoms with E-state index in [2.05, 4.69) is 9.72 Å². The molecule has 0 aliphatic carbocycles. The zero-order chi connectivity index (χ0) is 12.3. The fraction of sp³-hybridized carbons (Fsp3) is 0.250. The fourth-order valence-electron chi connectivity index (χ4n) is 0.911. The third-order valence-corrected chi connectivity index (χ3v) is 2.68.